The summed E-state index contributed by atoms with van der Waals surface area (Å²) in [6.07, 6.45) is 4.34. The van der Waals surface area contributed by atoms with E-state index in [1.54, 1.807) is 11.3 Å². The lowest BCUT2D eigenvalue weighted by Gasteiger charge is -2.39. The smallest absolute Gasteiger partial charge is 0.317 e. The second-order valence-electron chi connectivity index (χ2n) is 6.87. The summed E-state index contributed by atoms with van der Waals surface area (Å²) in [5.74, 6) is 0. The normalized spacial score (nSPS) is 22.2. The number of aryl methyl sites for hydroxylation is 2. The van der Waals surface area contributed by atoms with Crippen molar-refractivity contribution in [2.24, 2.45) is 0 Å². The maximum absolute atomic E-state index is 12.8. The molecule has 25 heavy (non-hydrogen) atoms. The van der Waals surface area contributed by atoms with Gasteiger partial charge >= 0.3 is 6.03 Å². The van der Waals surface area contributed by atoms with Gasteiger partial charge in [-0.05, 0) is 32.6 Å². The first-order valence-electron chi connectivity index (χ1n) is 9.47. The van der Waals surface area contributed by atoms with E-state index in [2.05, 4.69) is 27.0 Å². The quantitative estimate of drug-likeness (QED) is 0.869. The Hall–Kier alpha value is -1.18. The van der Waals surface area contributed by atoms with Crippen LogP contribution in [-0.4, -0.2) is 66.2 Å². The van der Waals surface area contributed by atoms with Gasteiger partial charge in [-0.15, -0.1) is 11.3 Å². The summed E-state index contributed by atoms with van der Waals surface area (Å²) in [5, 5.41) is 4.21. The molecule has 1 N–H and O–H groups in total. The number of carbonyl (C=O) groups excluding carboxylic acids is 1. The molecule has 0 aliphatic carbocycles. The number of amides is 2. The zero-order valence-electron chi connectivity index (χ0n) is 15.4. The van der Waals surface area contributed by atoms with Crippen LogP contribution in [0.4, 0.5) is 4.79 Å². The highest BCUT2D eigenvalue weighted by Crippen LogP contribution is 2.21. The lowest BCUT2D eigenvalue weighted by atomic mass is 10.0. The predicted octanol–water partition coefficient (Wildman–Crippen LogP) is 2.41. The first-order chi connectivity index (χ1) is 12.2. The van der Waals surface area contributed by atoms with E-state index in [4.69, 9.17) is 4.74 Å². The van der Waals surface area contributed by atoms with E-state index in [0.717, 1.165) is 69.4 Å². The summed E-state index contributed by atoms with van der Waals surface area (Å²) in [6.45, 7) is 10.1. The minimum absolute atomic E-state index is 0.0751. The van der Waals surface area contributed by atoms with Gasteiger partial charge in [0.2, 0.25) is 0 Å². The van der Waals surface area contributed by atoms with Gasteiger partial charge < -0.3 is 15.0 Å². The van der Waals surface area contributed by atoms with Crippen molar-refractivity contribution in [1.82, 2.24) is 20.1 Å². The zero-order valence-corrected chi connectivity index (χ0v) is 16.2. The molecular formula is C18H30N4O2S. The molecule has 2 aliphatic rings. The number of ether oxygens (including phenoxy) is 1. The Morgan fingerprint density at radius 1 is 1.32 bits per heavy atom. The van der Waals surface area contributed by atoms with Crippen LogP contribution >= 0.6 is 11.3 Å². The molecule has 2 aliphatic heterocycles. The Morgan fingerprint density at radius 2 is 2.12 bits per heavy atom. The van der Waals surface area contributed by atoms with Crippen molar-refractivity contribution in [2.45, 2.75) is 52.1 Å². The number of aromatic nitrogens is 1. The molecule has 3 heterocycles. The third kappa shape index (κ3) is 4.92. The number of thiazole rings is 1. The van der Waals surface area contributed by atoms with Crippen molar-refractivity contribution in [3.63, 3.8) is 0 Å². The number of piperidine rings is 1. The van der Waals surface area contributed by atoms with Crippen molar-refractivity contribution >= 4 is 17.4 Å². The second-order valence-corrected chi connectivity index (χ2v) is 8.16. The van der Waals surface area contributed by atoms with Gasteiger partial charge in [0.25, 0.3) is 0 Å². The van der Waals surface area contributed by atoms with Crippen LogP contribution in [0.25, 0.3) is 0 Å². The summed E-state index contributed by atoms with van der Waals surface area (Å²) in [5.41, 5.74) is 1.12. The van der Waals surface area contributed by atoms with Gasteiger partial charge in [0.1, 0.15) is 0 Å². The molecule has 1 aromatic heterocycles. The summed E-state index contributed by atoms with van der Waals surface area (Å²) >= 11 is 1.69. The van der Waals surface area contributed by atoms with Crippen LogP contribution in [0.5, 0.6) is 0 Å². The van der Waals surface area contributed by atoms with E-state index in [9.17, 15) is 4.79 Å². The van der Waals surface area contributed by atoms with Crippen LogP contribution < -0.4 is 5.32 Å². The number of nitrogens with zero attached hydrogens (tertiary/aromatic N) is 3. The van der Waals surface area contributed by atoms with Gasteiger partial charge in [-0.3, -0.25) is 4.90 Å². The Labute approximate surface area is 154 Å². The Kier molecular flexibility index (Phi) is 6.67. The van der Waals surface area contributed by atoms with Gasteiger partial charge in [0.15, 0.2) is 0 Å². The largest absolute Gasteiger partial charge is 0.379 e. The van der Waals surface area contributed by atoms with Gasteiger partial charge in [0.05, 0.1) is 30.5 Å². The number of morpholine rings is 1. The van der Waals surface area contributed by atoms with Gasteiger partial charge in [-0.2, -0.15) is 0 Å². The van der Waals surface area contributed by atoms with Gasteiger partial charge in [0, 0.05) is 37.1 Å². The molecule has 140 valence electrons. The van der Waals surface area contributed by atoms with Gasteiger partial charge in [-0.1, -0.05) is 6.92 Å². The molecule has 2 fully saturated rings. The molecule has 3 rings (SSSR count). The number of rotatable bonds is 5. The monoisotopic (exact) mass is 366 g/mol. The van der Waals surface area contributed by atoms with Crippen LogP contribution in [0.15, 0.2) is 0 Å². The molecule has 2 amide bonds. The number of nitrogens with one attached hydrogen (secondary N) is 1. The van der Waals surface area contributed by atoms with Gasteiger partial charge in [-0.25, -0.2) is 9.78 Å². The topological polar surface area (TPSA) is 57.7 Å². The molecule has 1 aromatic rings. The fourth-order valence-electron chi connectivity index (χ4n) is 3.72. The van der Waals surface area contributed by atoms with E-state index >= 15 is 0 Å². The molecule has 0 radical (unpaired) electrons. The molecule has 6 nitrogen and oxygen atoms in total. The molecule has 7 heteroatoms. The molecule has 2 saturated heterocycles. The van der Waals surface area contributed by atoms with Crippen LogP contribution in [-0.2, 0) is 17.7 Å². The second kappa shape index (κ2) is 8.96. The molecule has 1 atom stereocenters. The van der Waals surface area contributed by atoms with E-state index in [1.807, 2.05) is 6.92 Å². The van der Waals surface area contributed by atoms with Crippen molar-refractivity contribution < 1.29 is 9.53 Å². The molecule has 0 spiro atoms. The van der Waals surface area contributed by atoms with Crippen molar-refractivity contribution in [3.8, 4) is 0 Å². The third-order valence-corrected chi connectivity index (χ3v) is 6.09. The lowest BCUT2D eigenvalue weighted by Crippen LogP contribution is -2.53. The van der Waals surface area contributed by atoms with Crippen LogP contribution in [0.1, 0.15) is 41.8 Å². The summed E-state index contributed by atoms with van der Waals surface area (Å²) in [7, 11) is 0. The summed E-state index contributed by atoms with van der Waals surface area (Å²) < 4.78 is 5.44. The summed E-state index contributed by atoms with van der Waals surface area (Å²) in [6, 6.07) is 0.395. The molecule has 0 aromatic carbocycles. The third-order valence-electron chi connectivity index (χ3n) is 5.08. The maximum atomic E-state index is 12.8. The minimum Gasteiger partial charge on any atom is -0.379 e. The SMILES string of the molecule is CCc1nc(C)sc1CNC(=O)N1CCCCC1CN1CCOCC1. The average Bonchev–Trinajstić information content (AvgIpc) is 3.01. The fourth-order valence-corrected chi connectivity index (χ4v) is 4.69. The lowest BCUT2D eigenvalue weighted by molar-refractivity contribution is 0.0221. The number of hydrogen-bond donors (Lipinski definition) is 1. The molecule has 0 bridgehead atoms. The molecule has 0 saturated carbocycles. The van der Waals surface area contributed by atoms with E-state index in [1.165, 1.54) is 11.3 Å². The zero-order chi connectivity index (χ0) is 17.6. The minimum atomic E-state index is 0.0751. The molecular weight excluding hydrogens is 336 g/mol. The fraction of sp³-hybridized carbons (Fsp3) is 0.778. The van der Waals surface area contributed by atoms with E-state index < -0.39 is 0 Å². The van der Waals surface area contributed by atoms with Crippen molar-refractivity contribution in [2.75, 3.05) is 39.4 Å². The first kappa shape index (κ1) is 18.6. The predicted molar refractivity (Wildman–Crippen MR) is 100 cm³/mol. The van der Waals surface area contributed by atoms with Crippen LogP contribution in [0, 0.1) is 6.92 Å². The Morgan fingerprint density at radius 3 is 2.88 bits per heavy atom. The van der Waals surface area contributed by atoms with E-state index in [-0.39, 0.29) is 6.03 Å². The highest BCUT2D eigenvalue weighted by molar-refractivity contribution is 7.11. The standard InChI is InChI=1S/C18H30N4O2S/c1-3-16-17(25-14(2)20-16)12-19-18(23)22-7-5-4-6-15(22)13-21-8-10-24-11-9-21/h15H,3-13H2,1-2H3,(H,19,23). The van der Waals surface area contributed by atoms with Crippen LogP contribution in [0.2, 0.25) is 0 Å². The number of carbonyl (C=O) groups is 1. The number of likely N-dealkylation sites (tertiary alicyclic amines) is 1. The first-order valence-corrected chi connectivity index (χ1v) is 10.3. The highest BCUT2D eigenvalue weighted by Gasteiger charge is 2.28. The van der Waals surface area contributed by atoms with E-state index in [0.29, 0.717) is 12.6 Å². The Bertz CT molecular complexity index is 571. The maximum Gasteiger partial charge on any atom is 0.317 e. The summed E-state index contributed by atoms with van der Waals surface area (Å²) in [4.78, 5) is 23.0. The Balaban J connectivity index is 1.56. The van der Waals surface area contributed by atoms with Crippen LogP contribution in [0.3, 0.4) is 0 Å². The van der Waals surface area contributed by atoms with Crippen molar-refractivity contribution in [3.05, 3.63) is 15.6 Å². The average molecular weight is 367 g/mol. The number of urea groups is 1. The highest BCUT2D eigenvalue weighted by atomic mass is 32.1. The molecule has 1 unspecified atom stereocenters. The van der Waals surface area contributed by atoms with Crippen molar-refractivity contribution in [1.29, 1.82) is 0 Å². The number of hydrogen-bond acceptors (Lipinski definition) is 5.